The summed E-state index contributed by atoms with van der Waals surface area (Å²) in [5, 5.41) is 11.3. The number of nitrogens with zero attached hydrogens (tertiary/aromatic N) is 3. The maximum Gasteiger partial charge on any atom is 0.263 e. The van der Waals surface area contributed by atoms with Gasteiger partial charge in [-0.25, -0.2) is 8.42 Å². The minimum atomic E-state index is -3.84. The fraction of sp³-hybridized carbons (Fsp3) is 0.0952. The Labute approximate surface area is 183 Å². The molecule has 4 rings (SSSR count). The van der Waals surface area contributed by atoms with Crippen LogP contribution in [0.5, 0.6) is 0 Å². The van der Waals surface area contributed by atoms with Gasteiger partial charge in [0.1, 0.15) is 0 Å². The van der Waals surface area contributed by atoms with Crippen LogP contribution < -0.4 is 10.0 Å². The average Bonchev–Trinajstić information content (AvgIpc) is 3.17. The van der Waals surface area contributed by atoms with Crippen molar-refractivity contribution < 1.29 is 13.2 Å². The van der Waals surface area contributed by atoms with Gasteiger partial charge in [-0.3, -0.25) is 9.52 Å². The molecule has 2 aromatic heterocycles. The first-order chi connectivity index (χ1) is 14.9. The first-order valence-corrected chi connectivity index (χ1v) is 11.2. The minimum absolute atomic E-state index is 0.0288. The highest BCUT2D eigenvalue weighted by atomic mass is 35.5. The summed E-state index contributed by atoms with van der Waals surface area (Å²) in [6.07, 6.45) is 2.24. The molecule has 0 aliphatic carbocycles. The number of aryl methyl sites for hydroxylation is 1. The Balaban J connectivity index is 1.36. The predicted octanol–water partition coefficient (Wildman–Crippen LogP) is 3.91. The van der Waals surface area contributed by atoms with Crippen LogP contribution in [0.3, 0.4) is 0 Å². The van der Waals surface area contributed by atoms with E-state index < -0.39 is 10.0 Å². The maximum atomic E-state index is 12.5. The average molecular weight is 456 g/mol. The molecule has 2 N–H and O–H groups in total. The second-order valence-corrected chi connectivity index (χ2v) is 8.81. The number of para-hydroxylation sites is 1. The van der Waals surface area contributed by atoms with Crippen LogP contribution in [0.15, 0.2) is 77.8 Å². The van der Waals surface area contributed by atoms with Crippen molar-refractivity contribution in [1.82, 2.24) is 14.8 Å². The third kappa shape index (κ3) is 5.01. The summed E-state index contributed by atoms with van der Waals surface area (Å²) in [6, 6.07) is 18.7. The number of fused-ring (bicyclic) bond motifs is 1. The number of sulfonamides is 1. The molecule has 0 aliphatic rings. The summed E-state index contributed by atoms with van der Waals surface area (Å²) < 4.78 is 29.3. The molecule has 31 heavy (non-hydrogen) atoms. The van der Waals surface area contributed by atoms with Gasteiger partial charge in [-0.05, 0) is 53.9 Å². The summed E-state index contributed by atoms with van der Waals surface area (Å²) in [5.74, 6) is -0.109. The molecule has 0 aliphatic heterocycles. The van der Waals surface area contributed by atoms with Gasteiger partial charge >= 0.3 is 0 Å². The van der Waals surface area contributed by atoms with Crippen LogP contribution in [0.25, 0.3) is 10.9 Å². The lowest BCUT2D eigenvalue weighted by Gasteiger charge is -2.09. The first-order valence-electron chi connectivity index (χ1n) is 9.36. The fourth-order valence-corrected chi connectivity index (χ4v) is 4.16. The number of benzene rings is 2. The Kier molecular flexibility index (Phi) is 5.88. The van der Waals surface area contributed by atoms with E-state index in [4.69, 9.17) is 11.6 Å². The Hall–Kier alpha value is -3.43. The first kappa shape index (κ1) is 20.8. The molecule has 0 spiro atoms. The van der Waals surface area contributed by atoms with Crippen molar-refractivity contribution in [1.29, 1.82) is 0 Å². The van der Waals surface area contributed by atoms with Crippen LogP contribution in [-0.4, -0.2) is 29.1 Å². The Bertz CT molecular complexity index is 1320. The van der Waals surface area contributed by atoms with E-state index in [1.54, 1.807) is 0 Å². The van der Waals surface area contributed by atoms with Crippen molar-refractivity contribution in [2.75, 3.05) is 10.0 Å². The number of aromatic nitrogens is 3. The van der Waals surface area contributed by atoms with Crippen molar-refractivity contribution in [3.05, 3.63) is 78.1 Å². The van der Waals surface area contributed by atoms with Crippen LogP contribution in [0.2, 0.25) is 5.15 Å². The summed E-state index contributed by atoms with van der Waals surface area (Å²) in [6.45, 7) is 0.540. The molecule has 0 saturated heterocycles. The number of carbonyl (C=O) groups is 1. The highest BCUT2D eigenvalue weighted by Gasteiger charge is 2.15. The number of carbonyl (C=O) groups excluding carboxylic acids is 1. The standard InChI is InChI=1S/C21H18ClN5O3S/c22-19-9-10-20(25-24-19)26-31(29,30)17-7-5-16(6-8-17)23-21(28)12-14-27-13-11-15-3-1-2-4-18(15)27/h1-11,13H,12,14H2,(H,23,28)(H,25,26). The van der Waals surface area contributed by atoms with Gasteiger partial charge in [0.25, 0.3) is 10.0 Å². The van der Waals surface area contributed by atoms with E-state index in [2.05, 4.69) is 20.2 Å². The molecule has 2 aromatic carbocycles. The minimum Gasteiger partial charge on any atom is -0.347 e. The molecule has 0 fully saturated rings. The van der Waals surface area contributed by atoms with Gasteiger partial charge in [0.15, 0.2) is 11.0 Å². The van der Waals surface area contributed by atoms with Gasteiger partial charge in [0.05, 0.1) is 4.90 Å². The molecule has 0 radical (unpaired) electrons. The summed E-state index contributed by atoms with van der Waals surface area (Å²) >= 11 is 5.65. The zero-order valence-corrected chi connectivity index (χ0v) is 17.8. The largest absolute Gasteiger partial charge is 0.347 e. The van der Waals surface area contributed by atoms with E-state index in [9.17, 15) is 13.2 Å². The Morgan fingerprint density at radius 1 is 0.968 bits per heavy atom. The second-order valence-electron chi connectivity index (χ2n) is 6.74. The van der Waals surface area contributed by atoms with Crippen LogP contribution in [0.4, 0.5) is 11.5 Å². The van der Waals surface area contributed by atoms with Crippen molar-refractivity contribution >= 4 is 49.9 Å². The highest BCUT2D eigenvalue weighted by Crippen LogP contribution is 2.18. The normalized spacial score (nSPS) is 11.4. The fourth-order valence-electron chi connectivity index (χ4n) is 3.07. The molecule has 1 amide bonds. The number of anilines is 2. The maximum absolute atomic E-state index is 12.5. The van der Waals surface area contributed by atoms with Gasteiger partial charge in [-0.1, -0.05) is 29.8 Å². The molecule has 158 valence electrons. The van der Waals surface area contributed by atoms with Crippen molar-refractivity contribution in [3.63, 3.8) is 0 Å². The van der Waals surface area contributed by atoms with Crippen molar-refractivity contribution in [2.45, 2.75) is 17.9 Å². The Morgan fingerprint density at radius 2 is 1.74 bits per heavy atom. The molecule has 8 nitrogen and oxygen atoms in total. The molecule has 0 atom stereocenters. The third-order valence-corrected chi connectivity index (χ3v) is 6.15. The number of hydrogen-bond donors (Lipinski definition) is 2. The monoisotopic (exact) mass is 455 g/mol. The lowest BCUT2D eigenvalue weighted by Crippen LogP contribution is -2.15. The van der Waals surface area contributed by atoms with E-state index in [0.717, 1.165) is 10.9 Å². The smallest absolute Gasteiger partial charge is 0.263 e. The number of hydrogen-bond acceptors (Lipinski definition) is 5. The lowest BCUT2D eigenvalue weighted by atomic mass is 10.2. The second kappa shape index (κ2) is 8.75. The molecule has 0 bridgehead atoms. The van der Waals surface area contributed by atoms with E-state index in [1.807, 2.05) is 41.1 Å². The molecule has 0 unspecified atom stereocenters. The number of halogens is 1. The van der Waals surface area contributed by atoms with Gasteiger partial charge in [-0.15, -0.1) is 10.2 Å². The van der Waals surface area contributed by atoms with Gasteiger partial charge in [0, 0.05) is 30.4 Å². The molecule has 0 saturated carbocycles. The zero-order chi connectivity index (χ0) is 21.8. The number of amides is 1. The molecule has 2 heterocycles. The lowest BCUT2D eigenvalue weighted by molar-refractivity contribution is -0.116. The van der Waals surface area contributed by atoms with E-state index >= 15 is 0 Å². The van der Waals surface area contributed by atoms with Crippen molar-refractivity contribution in [3.8, 4) is 0 Å². The van der Waals surface area contributed by atoms with E-state index in [1.165, 1.54) is 36.4 Å². The van der Waals surface area contributed by atoms with E-state index in [0.29, 0.717) is 12.2 Å². The van der Waals surface area contributed by atoms with Gasteiger partial charge < -0.3 is 9.88 Å². The SMILES string of the molecule is O=C(CCn1ccc2ccccc21)Nc1ccc(S(=O)(=O)Nc2ccc(Cl)nn2)cc1. The van der Waals surface area contributed by atoms with Crippen LogP contribution in [-0.2, 0) is 21.4 Å². The topological polar surface area (TPSA) is 106 Å². The zero-order valence-electron chi connectivity index (χ0n) is 16.2. The highest BCUT2D eigenvalue weighted by molar-refractivity contribution is 7.92. The summed E-state index contributed by atoms with van der Waals surface area (Å²) in [5.41, 5.74) is 1.58. The number of rotatable bonds is 7. The molecular formula is C21H18ClN5O3S. The third-order valence-electron chi connectivity index (χ3n) is 4.58. The van der Waals surface area contributed by atoms with Crippen molar-refractivity contribution in [2.24, 2.45) is 0 Å². The predicted molar refractivity (Wildman–Crippen MR) is 119 cm³/mol. The quantitative estimate of drug-likeness (QED) is 0.439. The molecule has 4 aromatic rings. The Morgan fingerprint density at radius 3 is 2.48 bits per heavy atom. The van der Waals surface area contributed by atoms with E-state index in [-0.39, 0.29) is 28.2 Å². The van der Waals surface area contributed by atoms with Gasteiger partial charge in [0.2, 0.25) is 5.91 Å². The van der Waals surface area contributed by atoms with Crippen LogP contribution in [0, 0.1) is 0 Å². The van der Waals surface area contributed by atoms with Crippen LogP contribution in [0.1, 0.15) is 6.42 Å². The number of nitrogens with one attached hydrogen (secondary N) is 2. The molecule has 10 heteroatoms. The summed E-state index contributed by atoms with van der Waals surface area (Å²) in [4.78, 5) is 12.3. The summed E-state index contributed by atoms with van der Waals surface area (Å²) in [7, 11) is -3.84. The van der Waals surface area contributed by atoms with Crippen LogP contribution >= 0.6 is 11.6 Å². The van der Waals surface area contributed by atoms with Gasteiger partial charge in [-0.2, -0.15) is 0 Å². The molecular weight excluding hydrogens is 438 g/mol.